The fraction of sp³-hybridized carbons (Fsp3) is 0.667. The van der Waals surface area contributed by atoms with Gasteiger partial charge in [-0.2, -0.15) is 0 Å². The standard InChI is InChI=1S/C15H26N4/c1-4-16-10-14-11-17-7-6-15(14)19-9-5-8-18(3)12-13(19)2/h6-7,11,13,16H,4-5,8-10,12H2,1-3H3. The molecule has 4 heteroatoms. The van der Waals surface area contributed by atoms with Crippen molar-refractivity contribution >= 4 is 5.69 Å². The predicted molar refractivity (Wildman–Crippen MR) is 80.5 cm³/mol. The van der Waals surface area contributed by atoms with E-state index in [4.69, 9.17) is 0 Å². The van der Waals surface area contributed by atoms with Crippen LogP contribution in [0.4, 0.5) is 5.69 Å². The Morgan fingerprint density at radius 3 is 3.05 bits per heavy atom. The van der Waals surface area contributed by atoms with Crippen molar-refractivity contribution in [3.8, 4) is 0 Å². The first-order valence-electron chi connectivity index (χ1n) is 7.31. The van der Waals surface area contributed by atoms with Gasteiger partial charge in [-0.25, -0.2) is 0 Å². The molecular weight excluding hydrogens is 236 g/mol. The molecule has 1 fully saturated rings. The highest BCUT2D eigenvalue weighted by molar-refractivity contribution is 5.53. The molecule has 0 aliphatic carbocycles. The van der Waals surface area contributed by atoms with Crippen LogP contribution >= 0.6 is 0 Å². The first kappa shape index (κ1) is 14.3. The summed E-state index contributed by atoms with van der Waals surface area (Å²) in [5.74, 6) is 0. The normalized spacial score (nSPS) is 21.4. The van der Waals surface area contributed by atoms with E-state index in [-0.39, 0.29) is 0 Å². The third-order valence-corrected chi connectivity index (χ3v) is 3.80. The smallest absolute Gasteiger partial charge is 0.0445 e. The van der Waals surface area contributed by atoms with Crippen LogP contribution in [0.3, 0.4) is 0 Å². The first-order valence-corrected chi connectivity index (χ1v) is 7.31. The minimum absolute atomic E-state index is 0.551. The maximum Gasteiger partial charge on any atom is 0.0445 e. The molecule has 2 rings (SSSR count). The van der Waals surface area contributed by atoms with Crippen LogP contribution in [-0.2, 0) is 6.54 Å². The zero-order chi connectivity index (χ0) is 13.7. The molecule has 0 spiro atoms. The fourth-order valence-corrected chi connectivity index (χ4v) is 2.83. The van der Waals surface area contributed by atoms with Gasteiger partial charge in [0.1, 0.15) is 0 Å². The Morgan fingerprint density at radius 2 is 2.26 bits per heavy atom. The van der Waals surface area contributed by atoms with Crippen molar-refractivity contribution in [2.75, 3.05) is 38.1 Å². The zero-order valence-electron chi connectivity index (χ0n) is 12.4. The van der Waals surface area contributed by atoms with E-state index < -0.39 is 0 Å². The summed E-state index contributed by atoms with van der Waals surface area (Å²) in [4.78, 5) is 9.25. The van der Waals surface area contributed by atoms with Crippen LogP contribution in [-0.4, -0.2) is 49.2 Å². The number of nitrogens with one attached hydrogen (secondary N) is 1. The lowest BCUT2D eigenvalue weighted by Crippen LogP contribution is -2.38. The monoisotopic (exact) mass is 262 g/mol. The SMILES string of the molecule is CCNCc1cnccc1N1CCCN(C)CC1C. The molecule has 1 aliphatic heterocycles. The summed E-state index contributed by atoms with van der Waals surface area (Å²) in [6.45, 7) is 9.80. The lowest BCUT2D eigenvalue weighted by molar-refractivity contribution is 0.337. The van der Waals surface area contributed by atoms with Gasteiger partial charge in [0.05, 0.1) is 0 Å². The van der Waals surface area contributed by atoms with Crippen LogP contribution in [0.1, 0.15) is 25.8 Å². The van der Waals surface area contributed by atoms with Crippen molar-refractivity contribution < 1.29 is 0 Å². The molecule has 1 aromatic rings. The van der Waals surface area contributed by atoms with Crippen molar-refractivity contribution in [3.63, 3.8) is 0 Å². The lowest BCUT2D eigenvalue weighted by Gasteiger charge is -2.31. The molecule has 1 N–H and O–H groups in total. The Hall–Kier alpha value is -1.13. The molecule has 1 unspecified atom stereocenters. The van der Waals surface area contributed by atoms with Gasteiger partial charge in [0.2, 0.25) is 0 Å². The molecule has 0 radical (unpaired) electrons. The van der Waals surface area contributed by atoms with E-state index >= 15 is 0 Å². The summed E-state index contributed by atoms with van der Waals surface area (Å²) < 4.78 is 0. The number of pyridine rings is 1. The summed E-state index contributed by atoms with van der Waals surface area (Å²) in [6.07, 6.45) is 5.13. The maximum atomic E-state index is 4.28. The Balaban J connectivity index is 2.19. The van der Waals surface area contributed by atoms with E-state index in [1.165, 1.54) is 24.2 Å². The topological polar surface area (TPSA) is 31.4 Å². The van der Waals surface area contributed by atoms with Crippen LogP contribution < -0.4 is 10.2 Å². The minimum Gasteiger partial charge on any atom is -0.367 e. The highest BCUT2D eigenvalue weighted by Gasteiger charge is 2.21. The number of hydrogen-bond donors (Lipinski definition) is 1. The quantitative estimate of drug-likeness (QED) is 0.895. The van der Waals surface area contributed by atoms with Crippen LogP contribution in [0, 0.1) is 0 Å². The van der Waals surface area contributed by atoms with Gasteiger partial charge in [-0.15, -0.1) is 0 Å². The summed E-state index contributed by atoms with van der Waals surface area (Å²) in [5.41, 5.74) is 2.65. The first-order chi connectivity index (χ1) is 9.22. The fourth-order valence-electron chi connectivity index (χ4n) is 2.83. The third kappa shape index (κ3) is 3.67. The Bertz CT molecular complexity index is 393. The number of aromatic nitrogens is 1. The second kappa shape index (κ2) is 6.87. The highest BCUT2D eigenvalue weighted by Crippen LogP contribution is 2.23. The van der Waals surface area contributed by atoms with E-state index in [1.807, 2.05) is 12.4 Å². The molecule has 0 bridgehead atoms. The molecule has 1 aliphatic rings. The Morgan fingerprint density at radius 1 is 1.42 bits per heavy atom. The second-order valence-electron chi connectivity index (χ2n) is 5.44. The molecule has 1 saturated heterocycles. The molecule has 2 heterocycles. The summed E-state index contributed by atoms with van der Waals surface area (Å²) in [7, 11) is 2.21. The molecule has 19 heavy (non-hydrogen) atoms. The van der Waals surface area contributed by atoms with Gasteiger partial charge < -0.3 is 15.1 Å². The van der Waals surface area contributed by atoms with E-state index in [1.54, 1.807) is 0 Å². The van der Waals surface area contributed by atoms with Gasteiger partial charge in [-0.3, -0.25) is 4.98 Å². The van der Waals surface area contributed by atoms with Gasteiger partial charge in [0.25, 0.3) is 0 Å². The van der Waals surface area contributed by atoms with Crippen LogP contribution in [0.5, 0.6) is 0 Å². The van der Waals surface area contributed by atoms with Gasteiger partial charge in [0.15, 0.2) is 0 Å². The Labute approximate surface area is 116 Å². The molecule has 0 saturated carbocycles. The highest BCUT2D eigenvalue weighted by atomic mass is 15.2. The number of likely N-dealkylation sites (N-methyl/N-ethyl adjacent to an activating group) is 1. The minimum atomic E-state index is 0.551. The predicted octanol–water partition coefficient (Wildman–Crippen LogP) is 1.72. The Kier molecular flexibility index (Phi) is 5.16. The number of anilines is 1. The molecular formula is C15H26N4. The lowest BCUT2D eigenvalue weighted by atomic mass is 10.1. The molecule has 0 amide bonds. The number of nitrogens with zero attached hydrogens (tertiary/aromatic N) is 3. The summed E-state index contributed by atoms with van der Waals surface area (Å²) in [5, 5.41) is 3.41. The van der Waals surface area contributed by atoms with E-state index in [9.17, 15) is 0 Å². The van der Waals surface area contributed by atoms with Crippen molar-refractivity contribution in [1.29, 1.82) is 0 Å². The average Bonchev–Trinajstić information content (AvgIpc) is 2.57. The van der Waals surface area contributed by atoms with Crippen molar-refractivity contribution in [3.05, 3.63) is 24.0 Å². The second-order valence-corrected chi connectivity index (χ2v) is 5.44. The van der Waals surface area contributed by atoms with Crippen molar-refractivity contribution in [1.82, 2.24) is 15.2 Å². The number of rotatable bonds is 4. The van der Waals surface area contributed by atoms with Gasteiger partial charge >= 0.3 is 0 Å². The number of hydrogen-bond acceptors (Lipinski definition) is 4. The van der Waals surface area contributed by atoms with Crippen LogP contribution in [0.15, 0.2) is 18.5 Å². The molecule has 0 aromatic carbocycles. The maximum absolute atomic E-state index is 4.28. The average molecular weight is 262 g/mol. The van der Waals surface area contributed by atoms with Gasteiger partial charge in [-0.1, -0.05) is 6.92 Å². The molecule has 1 aromatic heterocycles. The van der Waals surface area contributed by atoms with Gasteiger partial charge in [-0.05, 0) is 39.5 Å². The van der Waals surface area contributed by atoms with Crippen molar-refractivity contribution in [2.45, 2.75) is 32.9 Å². The summed E-state index contributed by atoms with van der Waals surface area (Å²) in [6, 6.07) is 2.71. The largest absolute Gasteiger partial charge is 0.367 e. The zero-order valence-corrected chi connectivity index (χ0v) is 12.4. The van der Waals surface area contributed by atoms with Crippen LogP contribution in [0.2, 0.25) is 0 Å². The van der Waals surface area contributed by atoms with Crippen LogP contribution in [0.25, 0.3) is 0 Å². The van der Waals surface area contributed by atoms with E-state index in [0.29, 0.717) is 6.04 Å². The molecule has 1 atom stereocenters. The van der Waals surface area contributed by atoms with Gasteiger partial charge in [0, 0.05) is 49.3 Å². The van der Waals surface area contributed by atoms with Crippen molar-refractivity contribution in [2.24, 2.45) is 0 Å². The molecule has 106 valence electrons. The molecule has 4 nitrogen and oxygen atoms in total. The summed E-state index contributed by atoms with van der Waals surface area (Å²) >= 11 is 0. The van der Waals surface area contributed by atoms with E-state index in [2.05, 4.69) is 47.1 Å². The van der Waals surface area contributed by atoms with E-state index in [0.717, 1.165) is 26.2 Å². The third-order valence-electron chi connectivity index (χ3n) is 3.80.